The molecule has 0 aromatic heterocycles. The van der Waals surface area contributed by atoms with Crippen molar-refractivity contribution in [3.63, 3.8) is 0 Å². The summed E-state index contributed by atoms with van der Waals surface area (Å²) in [7, 11) is 2.13. The third kappa shape index (κ3) is 1.61. The molecule has 0 bridgehead atoms. The van der Waals surface area contributed by atoms with E-state index in [9.17, 15) is 5.11 Å². The largest absolute Gasteiger partial charge is 0.362 e. The second kappa shape index (κ2) is 3.55. The molecule has 0 radical (unpaired) electrons. The van der Waals surface area contributed by atoms with Crippen LogP contribution in [0.2, 0.25) is 0 Å². The molecule has 0 saturated carbocycles. The van der Waals surface area contributed by atoms with E-state index in [0.717, 1.165) is 31.5 Å². The van der Waals surface area contributed by atoms with Crippen molar-refractivity contribution in [2.75, 3.05) is 20.1 Å². The van der Waals surface area contributed by atoms with Crippen LogP contribution in [-0.4, -0.2) is 30.1 Å². The van der Waals surface area contributed by atoms with Crippen LogP contribution in [0.5, 0.6) is 0 Å². The maximum absolute atomic E-state index is 10.4. The molecule has 3 rings (SSSR count). The van der Waals surface area contributed by atoms with Gasteiger partial charge in [0.15, 0.2) is 5.79 Å². The van der Waals surface area contributed by atoms with Crippen LogP contribution in [-0.2, 0) is 16.1 Å². The fourth-order valence-electron chi connectivity index (χ4n) is 3.13. The van der Waals surface area contributed by atoms with E-state index in [1.807, 2.05) is 18.2 Å². The summed E-state index contributed by atoms with van der Waals surface area (Å²) in [6.45, 7) is 3.79. The summed E-state index contributed by atoms with van der Waals surface area (Å²) in [6.07, 6.45) is 1.91. The quantitative estimate of drug-likeness (QED) is 0.741. The van der Waals surface area contributed by atoms with Crippen molar-refractivity contribution >= 4 is 0 Å². The normalized spacial score (nSPS) is 31.7. The molecular weight excluding hydrogens is 214 g/mol. The number of likely N-dealkylation sites (tertiary alicyclic amines) is 1. The van der Waals surface area contributed by atoms with Crippen molar-refractivity contribution in [2.45, 2.75) is 31.2 Å². The SMILES string of the molecule is CN1CCC2(CC1)OC(C)(O)c1ccccc12. The Morgan fingerprint density at radius 2 is 1.76 bits per heavy atom. The zero-order chi connectivity index (χ0) is 12.1. The van der Waals surface area contributed by atoms with Gasteiger partial charge in [0.25, 0.3) is 0 Å². The first kappa shape index (κ1) is 11.2. The first-order chi connectivity index (χ1) is 8.04. The van der Waals surface area contributed by atoms with Crippen LogP contribution in [0.1, 0.15) is 30.9 Å². The predicted octanol–water partition coefficient (Wildman–Crippen LogP) is 1.80. The molecular formula is C14H19NO2. The summed E-state index contributed by atoms with van der Waals surface area (Å²) >= 11 is 0. The zero-order valence-electron chi connectivity index (χ0n) is 10.4. The minimum absolute atomic E-state index is 0.271. The van der Waals surface area contributed by atoms with Crippen molar-refractivity contribution in [2.24, 2.45) is 0 Å². The number of ether oxygens (including phenoxy) is 1. The Bertz CT molecular complexity index is 434. The number of nitrogens with zero attached hydrogens (tertiary/aromatic N) is 1. The standard InChI is InChI=1S/C14H19NO2/c1-13(16)11-5-3-4-6-12(11)14(17-13)7-9-15(2)10-8-14/h3-6,16H,7-10H2,1-2H3. The van der Waals surface area contributed by atoms with E-state index >= 15 is 0 Å². The Balaban J connectivity index is 2.05. The van der Waals surface area contributed by atoms with E-state index in [1.165, 1.54) is 5.56 Å². The lowest BCUT2D eigenvalue weighted by molar-refractivity contribution is -0.257. The molecule has 1 N–H and O–H groups in total. The number of rotatable bonds is 0. The van der Waals surface area contributed by atoms with E-state index in [-0.39, 0.29) is 5.60 Å². The third-order valence-corrected chi connectivity index (χ3v) is 4.11. The van der Waals surface area contributed by atoms with Crippen LogP contribution >= 0.6 is 0 Å². The van der Waals surface area contributed by atoms with Gasteiger partial charge in [-0.05, 0) is 32.4 Å². The van der Waals surface area contributed by atoms with Gasteiger partial charge in [-0.2, -0.15) is 0 Å². The molecule has 1 unspecified atom stereocenters. The van der Waals surface area contributed by atoms with Gasteiger partial charge >= 0.3 is 0 Å². The molecule has 3 nitrogen and oxygen atoms in total. The molecule has 2 aliphatic heterocycles. The summed E-state index contributed by atoms with van der Waals surface area (Å²) in [5, 5.41) is 10.4. The molecule has 92 valence electrons. The maximum atomic E-state index is 10.4. The fourth-order valence-corrected chi connectivity index (χ4v) is 3.13. The summed E-state index contributed by atoms with van der Waals surface area (Å²) in [5.74, 6) is -1.13. The van der Waals surface area contributed by atoms with Gasteiger partial charge in [-0.3, -0.25) is 0 Å². The number of aliphatic hydroxyl groups is 1. The topological polar surface area (TPSA) is 32.7 Å². The van der Waals surface area contributed by atoms with Crippen molar-refractivity contribution in [3.8, 4) is 0 Å². The molecule has 1 aromatic carbocycles. The van der Waals surface area contributed by atoms with Crippen LogP contribution in [0.15, 0.2) is 24.3 Å². The van der Waals surface area contributed by atoms with E-state index in [0.29, 0.717) is 0 Å². The van der Waals surface area contributed by atoms with Crippen LogP contribution in [0.4, 0.5) is 0 Å². The van der Waals surface area contributed by atoms with Crippen molar-refractivity contribution in [1.82, 2.24) is 4.90 Å². The molecule has 2 heterocycles. The lowest BCUT2D eigenvalue weighted by Gasteiger charge is -2.38. The molecule has 0 amide bonds. The van der Waals surface area contributed by atoms with Gasteiger partial charge in [-0.1, -0.05) is 24.3 Å². The van der Waals surface area contributed by atoms with Crippen molar-refractivity contribution in [3.05, 3.63) is 35.4 Å². The van der Waals surface area contributed by atoms with E-state index in [4.69, 9.17) is 4.74 Å². The van der Waals surface area contributed by atoms with Crippen LogP contribution in [0.3, 0.4) is 0 Å². The first-order valence-corrected chi connectivity index (χ1v) is 6.25. The van der Waals surface area contributed by atoms with Crippen LogP contribution in [0, 0.1) is 0 Å². The molecule has 1 fully saturated rings. The van der Waals surface area contributed by atoms with Gasteiger partial charge in [-0.25, -0.2) is 0 Å². The first-order valence-electron chi connectivity index (χ1n) is 6.25. The van der Waals surface area contributed by atoms with Gasteiger partial charge in [0.2, 0.25) is 0 Å². The lowest BCUT2D eigenvalue weighted by Crippen LogP contribution is -2.42. The maximum Gasteiger partial charge on any atom is 0.190 e. The fraction of sp³-hybridized carbons (Fsp3) is 0.571. The summed E-state index contributed by atoms with van der Waals surface area (Å²) < 4.78 is 6.02. The van der Waals surface area contributed by atoms with E-state index < -0.39 is 5.79 Å². The smallest absolute Gasteiger partial charge is 0.190 e. The minimum atomic E-state index is -1.13. The molecule has 0 aliphatic carbocycles. The Labute approximate surface area is 102 Å². The summed E-state index contributed by atoms with van der Waals surface area (Å²) in [4.78, 5) is 2.31. The number of benzene rings is 1. The lowest BCUT2D eigenvalue weighted by atomic mass is 9.83. The Morgan fingerprint density at radius 3 is 2.41 bits per heavy atom. The van der Waals surface area contributed by atoms with Crippen molar-refractivity contribution in [1.29, 1.82) is 0 Å². The van der Waals surface area contributed by atoms with Crippen LogP contribution in [0.25, 0.3) is 0 Å². The van der Waals surface area contributed by atoms with Gasteiger partial charge in [-0.15, -0.1) is 0 Å². The van der Waals surface area contributed by atoms with Gasteiger partial charge in [0.05, 0.1) is 5.60 Å². The highest BCUT2D eigenvalue weighted by molar-refractivity contribution is 5.39. The molecule has 1 aromatic rings. The zero-order valence-corrected chi connectivity index (χ0v) is 10.4. The van der Waals surface area contributed by atoms with Gasteiger partial charge in [0, 0.05) is 18.7 Å². The highest BCUT2D eigenvalue weighted by Crippen LogP contribution is 2.50. The summed E-state index contributed by atoms with van der Waals surface area (Å²) in [6, 6.07) is 8.07. The number of hydrogen-bond acceptors (Lipinski definition) is 3. The third-order valence-electron chi connectivity index (χ3n) is 4.11. The predicted molar refractivity (Wildman–Crippen MR) is 65.5 cm³/mol. The van der Waals surface area contributed by atoms with Crippen molar-refractivity contribution < 1.29 is 9.84 Å². The minimum Gasteiger partial charge on any atom is -0.362 e. The van der Waals surface area contributed by atoms with E-state index in [2.05, 4.69) is 18.0 Å². The Kier molecular flexibility index (Phi) is 2.34. The highest BCUT2D eigenvalue weighted by Gasteiger charge is 2.50. The average Bonchev–Trinajstić information content (AvgIpc) is 2.53. The number of piperidine rings is 1. The Hall–Kier alpha value is -0.900. The number of fused-ring (bicyclic) bond motifs is 2. The monoisotopic (exact) mass is 233 g/mol. The highest BCUT2D eigenvalue weighted by atomic mass is 16.6. The molecule has 1 atom stereocenters. The molecule has 2 aliphatic rings. The van der Waals surface area contributed by atoms with E-state index in [1.54, 1.807) is 6.92 Å². The molecule has 1 spiro atoms. The molecule has 17 heavy (non-hydrogen) atoms. The Morgan fingerprint density at radius 1 is 1.18 bits per heavy atom. The summed E-state index contributed by atoms with van der Waals surface area (Å²) in [5.41, 5.74) is 1.84. The second-order valence-electron chi connectivity index (χ2n) is 5.43. The molecule has 3 heteroatoms. The van der Waals surface area contributed by atoms with Gasteiger partial charge < -0.3 is 14.7 Å². The molecule has 1 saturated heterocycles. The second-order valence-corrected chi connectivity index (χ2v) is 5.43. The van der Waals surface area contributed by atoms with Crippen LogP contribution < -0.4 is 0 Å². The van der Waals surface area contributed by atoms with Gasteiger partial charge in [0.1, 0.15) is 0 Å². The average molecular weight is 233 g/mol. The number of hydrogen-bond donors (Lipinski definition) is 1.